The fourth-order valence-electron chi connectivity index (χ4n) is 9.04. The van der Waals surface area contributed by atoms with Gasteiger partial charge < -0.3 is 35.7 Å². The molecule has 0 aliphatic heterocycles. The van der Waals surface area contributed by atoms with Crippen molar-refractivity contribution in [1.29, 1.82) is 0 Å². The van der Waals surface area contributed by atoms with Gasteiger partial charge in [-0.3, -0.25) is 4.79 Å². The van der Waals surface area contributed by atoms with E-state index in [4.69, 9.17) is 0 Å². The zero-order valence-corrected chi connectivity index (χ0v) is 23.0. The van der Waals surface area contributed by atoms with Crippen LogP contribution in [0.15, 0.2) is 11.6 Å². The Balaban J connectivity index is 1.65. The molecule has 0 unspecified atom stereocenters. The third-order valence-corrected chi connectivity index (χ3v) is 11.7. The maximum atomic E-state index is 13.3. The van der Waals surface area contributed by atoms with E-state index >= 15 is 0 Å². The topological polar surface area (TPSA) is 159 Å². The van der Waals surface area contributed by atoms with E-state index in [1.54, 1.807) is 13.0 Å². The number of carbonyl (C=O) groups is 1. The highest BCUT2D eigenvalue weighted by molar-refractivity contribution is 5.95. The second kappa shape index (κ2) is 9.36. The Kier molecular flexibility index (Phi) is 7.36. The van der Waals surface area contributed by atoms with Crippen LogP contribution in [0.5, 0.6) is 0 Å². The molecule has 4 rings (SSSR count). The number of carbonyl (C=O) groups excluding carboxylic acids is 1. The third kappa shape index (κ3) is 4.17. The first-order chi connectivity index (χ1) is 17.0. The average Bonchev–Trinajstić information content (AvgIpc) is 3.11. The molecule has 4 aliphatic carbocycles. The van der Waals surface area contributed by atoms with Crippen molar-refractivity contribution in [3.05, 3.63) is 11.6 Å². The van der Waals surface area contributed by atoms with Crippen LogP contribution < -0.4 is 0 Å². The van der Waals surface area contributed by atoms with E-state index in [1.165, 1.54) is 6.92 Å². The molecule has 212 valence electrons. The molecule has 37 heavy (non-hydrogen) atoms. The summed E-state index contributed by atoms with van der Waals surface area (Å²) in [6.07, 6.45) is 1.76. The van der Waals surface area contributed by atoms with Gasteiger partial charge in [-0.05, 0) is 93.6 Å². The average molecular weight is 525 g/mol. The molecule has 8 nitrogen and oxygen atoms in total. The zero-order chi connectivity index (χ0) is 27.8. The highest BCUT2D eigenvalue weighted by atomic mass is 16.3. The minimum absolute atomic E-state index is 0.103. The van der Waals surface area contributed by atoms with Crippen molar-refractivity contribution in [2.45, 2.75) is 121 Å². The van der Waals surface area contributed by atoms with Crippen LogP contribution in [0.1, 0.15) is 86.0 Å². The van der Waals surface area contributed by atoms with Gasteiger partial charge in [-0.1, -0.05) is 27.2 Å². The van der Waals surface area contributed by atoms with Gasteiger partial charge in [0.25, 0.3) is 0 Å². The summed E-state index contributed by atoms with van der Waals surface area (Å²) in [5.74, 6) is -1.53. The van der Waals surface area contributed by atoms with Crippen molar-refractivity contribution in [3.8, 4) is 0 Å². The summed E-state index contributed by atoms with van der Waals surface area (Å²) in [5.41, 5.74) is -4.98. The van der Waals surface area contributed by atoms with E-state index < -0.39 is 70.3 Å². The third-order valence-electron chi connectivity index (χ3n) is 11.7. The lowest BCUT2D eigenvalue weighted by Gasteiger charge is -2.60. The summed E-state index contributed by atoms with van der Waals surface area (Å²) >= 11 is 0. The predicted octanol–water partition coefficient (Wildman–Crippen LogP) is 1.46. The van der Waals surface area contributed by atoms with Gasteiger partial charge in [0.2, 0.25) is 0 Å². The maximum absolute atomic E-state index is 13.3. The van der Waals surface area contributed by atoms with Gasteiger partial charge in [0.15, 0.2) is 5.78 Å². The van der Waals surface area contributed by atoms with Crippen LogP contribution in [0.2, 0.25) is 0 Å². The number of aliphatic hydroxyl groups excluding tert-OH is 4. The first kappa shape index (κ1) is 29.1. The molecule has 0 aromatic carbocycles. The summed E-state index contributed by atoms with van der Waals surface area (Å²) in [5, 5.41) is 76.3. The Morgan fingerprint density at radius 1 is 1.08 bits per heavy atom. The predicted molar refractivity (Wildman–Crippen MR) is 137 cm³/mol. The monoisotopic (exact) mass is 524 g/mol. The van der Waals surface area contributed by atoms with Crippen molar-refractivity contribution in [3.63, 3.8) is 0 Å². The van der Waals surface area contributed by atoms with Gasteiger partial charge >= 0.3 is 0 Å². The molecule has 7 N–H and O–H groups in total. The number of hydrogen-bond acceptors (Lipinski definition) is 8. The number of fused-ring (bicyclic) bond motifs is 5. The minimum atomic E-state index is -1.57. The lowest BCUT2D eigenvalue weighted by Crippen LogP contribution is -2.63. The molecule has 0 radical (unpaired) electrons. The number of allylic oxidation sites excluding steroid dienone is 1. The summed E-state index contributed by atoms with van der Waals surface area (Å²) in [4.78, 5) is 13.3. The molecule has 0 heterocycles. The van der Waals surface area contributed by atoms with Gasteiger partial charge in [0, 0.05) is 11.3 Å². The molecule has 0 saturated heterocycles. The van der Waals surface area contributed by atoms with Crippen LogP contribution in [-0.2, 0) is 4.79 Å². The van der Waals surface area contributed by atoms with E-state index in [1.807, 2.05) is 20.8 Å². The SMILES string of the molecule is CC[C@H](C[C@@H](O)[C@](C)(O)[C@H]1CC[C@@]2(O)C3=CC(=O)[C@@H]4C[C@@H](O)[C@@H](O)C[C@]4(C)[C@H]3CC[C@]12C)[C@](C)(O)CO. The fourth-order valence-corrected chi connectivity index (χ4v) is 9.04. The Hall–Kier alpha value is -0.870. The minimum Gasteiger partial charge on any atom is -0.393 e. The van der Waals surface area contributed by atoms with E-state index in [2.05, 4.69) is 0 Å². The Morgan fingerprint density at radius 3 is 2.32 bits per heavy atom. The molecule has 0 bridgehead atoms. The first-order valence-electron chi connectivity index (χ1n) is 14.1. The van der Waals surface area contributed by atoms with E-state index in [9.17, 15) is 40.5 Å². The van der Waals surface area contributed by atoms with Crippen LogP contribution in [-0.4, -0.2) is 83.3 Å². The van der Waals surface area contributed by atoms with E-state index in [0.29, 0.717) is 44.1 Å². The van der Waals surface area contributed by atoms with Crippen molar-refractivity contribution in [2.24, 2.45) is 34.5 Å². The summed E-state index contributed by atoms with van der Waals surface area (Å²) in [7, 11) is 0. The summed E-state index contributed by atoms with van der Waals surface area (Å²) < 4.78 is 0. The lowest BCUT2D eigenvalue weighted by molar-refractivity contribution is -0.181. The molecule has 4 aliphatic rings. The van der Waals surface area contributed by atoms with Gasteiger partial charge in [0.1, 0.15) is 0 Å². The van der Waals surface area contributed by atoms with Crippen molar-refractivity contribution in [2.75, 3.05) is 6.61 Å². The van der Waals surface area contributed by atoms with Crippen LogP contribution in [0.3, 0.4) is 0 Å². The molecular weight excluding hydrogens is 476 g/mol. The number of rotatable bonds is 7. The standard InChI is InChI=1S/C29H48O8/c1-6-16(27(4,35)15-30)11-24(34)28(5,36)23-8-10-29(37)18-12-20(31)19-13-21(32)22(33)14-25(19,2)17(18)7-9-26(23,29)3/h12,16-17,19,21-24,30,32-37H,6-11,13-15H2,1-5H3/t16-,17+,19+,21-,22+,23+,24-,25-,26-,27-,28-,29-/m1/s1. The molecule has 3 saturated carbocycles. The van der Waals surface area contributed by atoms with Gasteiger partial charge in [-0.25, -0.2) is 0 Å². The van der Waals surface area contributed by atoms with Crippen molar-refractivity contribution in [1.82, 2.24) is 0 Å². The second-order valence-corrected chi connectivity index (χ2v) is 13.7. The number of aliphatic hydroxyl groups is 7. The first-order valence-corrected chi connectivity index (χ1v) is 14.1. The van der Waals surface area contributed by atoms with Gasteiger partial charge in [-0.2, -0.15) is 0 Å². The molecule has 0 spiro atoms. The number of ketones is 1. The zero-order valence-electron chi connectivity index (χ0n) is 23.0. The molecule has 12 atom stereocenters. The number of hydrogen-bond donors (Lipinski definition) is 7. The Morgan fingerprint density at radius 2 is 1.73 bits per heavy atom. The quantitative estimate of drug-likeness (QED) is 0.264. The summed E-state index contributed by atoms with van der Waals surface area (Å²) in [6, 6.07) is 0. The maximum Gasteiger partial charge on any atom is 0.159 e. The van der Waals surface area contributed by atoms with Crippen LogP contribution >= 0.6 is 0 Å². The molecule has 0 aromatic rings. The fraction of sp³-hybridized carbons (Fsp3) is 0.897. The largest absolute Gasteiger partial charge is 0.393 e. The summed E-state index contributed by atoms with van der Waals surface area (Å²) in [6.45, 7) is 8.50. The van der Waals surface area contributed by atoms with Crippen molar-refractivity contribution >= 4 is 5.78 Å². The molecule has 0 amide bonds. The molecule has 8 heteroatoms. The molecule has 0 aromatic heterocycles. The molecular formula is C29H48O8. The van der Waals surface area contributed by atoms with E-state index in [0.717, 1.165) is 0 Å². The normalized spacial score (nSPS) is 46.5. The highest BCUT2D eigenvalue weighted by Crippen LogP contribution is 2.68. The molecule has 3 fully saturated rings. The van der Waals surface area contributed by atoms with Crippen molar-refractivity contribution < 1.29 is 40.5 Å². The van der Waals surface area contributed by atoms with Gasteiger partial charge in [-0.15, -0.1) is 0 Å². The highest BCUT2D eigenvalue weighted by Gasteiger charge is 2.69. The second-order valence-electron chi connectivity index (χ2n) is 13.7. The lowest BCUT2D eigenvalue weighted by atomic mass is 9.45. The van der Waals surface area contributed by atoms with Gasteiger partial charge in [0.05, 0.1) is 41.7 Å². The Labute approximate surface area is 220 Å². The van der Waals surface area contributed by atoms with E-state index in [-0.39, 0.29) is 24.5 Å². The smallest absolute Gasteiger partial charge is 0.159 e. The van der Waals surface area contributed by atoms with Crippen LogP contribution in [0, 0.1) is 34.5 Å². The van der Waals surface area contributed by atoms with Crippen LogP contribution in [0.25, 0.3) is 0 Å². The van der Waals surface area contributed by atoms with Crippen LogP contribution in [0.4, 0.5) is 0 Å². The Bertz CT molecular complexity index is 929.